The standard InChI is InChI=1S/C13H12FN3O/c1-8-2-3-10(14)12(6-8)17-13(18)9-7-16-5-4-11(9)15/h2-7H,1H3,(H2,15,16)(H,17,18). The summed E-state index contributed by atoms with van der Waals surface area (Å²) in [5.74, 6) is -0.971. The number of carbonyl (C=O) groups excluding carboxylic acids is 1. The fourth-order valence-corrected chi connectivity index (χ4v) is 1.52. The van der Waals surface area contributed by atoms with Gasteiger partial charge in [-0.3, -0.25) is 9.78 Å². The zero-order valence-corrected chi connectivity index (χ0v) is 9.77. The maximum atomic E-state index is 13.5. The van der Waals surface area contributed by atoms with Crippen molar-refractivity contribution < 1.29 is 9.18 Å². The van der Waals surface area contributed by atoms with Gasteiger partial charge in [0.05, 0.1) is 11.3 Å². The van der Waals surface area contributed by atoms with Crippen LogP contribution in [0.4, 0.5) is 15.8 Å². The number of nitrogens with zero attached hydrogens (tertiary/aromatic N) is 1. The van der Waals surface area contributed by atoms with Crippen LogP contribution < -0.4 is 11.1 Å². The van der Waals surface area contributed by atoms with E-state index in [0.29, 0.717) is 5.69 Å². The number of rotatable bonds is 2. The number of aromatic nitrogens is 1. The number of hydrogen-bond acceptors (Lipinski definition) is 3. The van der Waals surface area contributed by atoms with Gasteiger partial charge in [-0.15, -0.1) is 0 Å². The molecule has 0 radical (unpaired) electrons. The molecule has 0 saturated carbocycles. The minimum absolute atomic E-state index is 0.128. The zero-order valence-electron chi connectivity index (χ0n) is 9.77. The van der Waals surface area contributed by atoms with Crippen molar-refractivity contribution in [3.05, 3.63) is 53.6 Å². The Hall–Kier alpha value is -2.43. The van der Waals surface area contributed by atoms with Crippen LogP contribution in [0.3, 0.4) is 0 Å². The van der Waals surface area contributed by atoms with Gasteiger partial charge < -0.3 is 11.1 Å². The summed E-state index contributed by atoms with van der Waals surface area (Å²) in [6.07, 6.45) is 2.83. The third kappa shape index (κ3) is 2.45. The first-order chi connectivity index (χ1) is 8.58. The van der Waals surface area contributed by atoms with Crippen LogP contribution in [0, 0.1) is 12.7 Å². The van der Waals surface area contributed by atoms with Crippen LogP contribution in [-0.4, -0.2) is 10.9 Å². The molecule has 3 N–H and O–H groups in total. The van der Waals surface area contributed by atoms with Gasteiger partial charge in [0.15, 0.2) is 0 Å². The van der Waals surface area contributed by atoms with Crippen molar-refractivity contribution in [1.29, 1.82) is 0 Å². The molecule has 5 heteroatoms. The summed E-state index contributed by atoms with van der Waals surface area (Å²) >= 11 is 0. The Morgan fingerprint density at radius 1 is 1.39 bits per heavy atom. The normalized spacial score (nSPS) is 10.1. The minimum Gasteiger partial charge on any atom is -0.398 e. The molecule has 1 heterocycles. The molecule has 0 atom stereocenters. The van der Waals surface area contributed by atoms with E-state index in [2.05, 4.69) is 10.3 Å². The van der Waals surface area contributed by atoms with E-state index in [0.717, 1.165) is 5.56 Å². The van der Waals surface area contributed by atoms with Gasteiger partial charge in [-0.1, -0.05) is 6.07 Å². The van der Waals surface area contributed by atoms with Crippen LogP contribution in [-0.2, 0) is 0 Å². The first-order valence-electron chi connectivity index (χ1n) is 5.35. The fraction of sp³-hybridized carbons (Fsp3) is 0.0769. The molecule has 0 aliphatic rings. The number of amides is 1. The van der Waals surface area contributed by atoms with Gasteiger partial charge in [-0.25, -0.2) is 4.39 Å². The maximum Gasteiger partial charge on any atom is 0.259 e. The quantitative estimate of drug-likeness (QED) is 0.853. The molecule has 0 aliphatic heterocycles. The zero-order chi connectivity index (χ0) is 13.1. The summed E-state index contributed by atoms with van der Waals surface area (Å²) in [4.78, 5) is 15.7. The topological polar surface area (TPSA) is 68.0 Å². The maximum absolute atomic E-state index is 13.5. The first kappa shape index (κ1) is 12.0. The lowest BCUT2D eigenvalue weighted by Gasteiger charge is -2.08. The summed E-state index contributed by atoms with van der Waals surface area (Å²) in [7, 11) is 0. The summed E-state index contributed by atoms with van der Waals surface area (Å²) in [5.41, 5.74) is 7.15. The molecule has 92 valence electrons. The van der Waals surface area contributed by atoms with Crippen LogP contribution in [0.5, 0.6) is 0 Å². The smallest absolute Gasteiger partial charge is 0.259 e. The molecule has 4 nitrogen and oxygen atoms in total. The highest BCUT2D eigenvalue weighted by Crippen LogP contribution is 2.18. The van der Waals surface area contributed by atoms with E-state index in [-0.39, 0.29) is 11.3 Å². The second-order valence-electron chi connectivity index (χ2n) is 3.90. The van der Waals surface area contributed by atoms with Gasteiger partial charge in [-0.05, 0) is 30.7 Å². The van der Waals surface area contributed by atoms with Crippen molar-refractivity contribution in [2.45, 2.75) is 6.92 Å². The molecule has 0 spiro atoms. The van der Waals surface area contributed by atoms with E-state index in [1.165, 1.54) is 24.5 Å². The van der Waals surface area contributed by atoms with Crippen LogP contribution in [0.25, 0.3) is 0 Å². The average molecular weight is 245 g/mol. The number of carbonyl (C=O) groups is 1. The molecule has 0 fully saturated rings. The lowest BCUT2D eigenvalue weighted by Crippen LogP contribution is -2.15. The predicted octanol–water partition coefficient (Wildman–Crippen LogP) is 2.36. The molecule has 0 aliphatic carbocycles. The van der Waals surface area contributed by atoms with Crippen LogP contribution in [0.1, 0.15) is 15.9 Å². The monoisotopic (exact) mass is 245 g/mol. The Bertz CT molecular complexity index is 599. The SMILES string of the molecule is Cc1ccc(F)c(NC(=O)c2cnccc2N)c1. The van der Waals surface area contributed by atoms with E-state index >= 15 is 0 Å². The molecule has 0 unspecified atom stereocenters. The third-order valence-electron chi connectivity index (χ3n) is 2.47. The fourth-order valence-electron chi connectivity index (χ4n) is 1.52. The Kier molecular flexibility index (Phi) is 3.23. The number of halogens is 1. The summed E-state index contributed by atoms with van der Waals surface area (Å²) in [6, 6.07) is 6.00. The average Bonchev–Trinajstić information content (AvgIpc) is 2.34. The molecule has 1 aromatic heterocycles. The predicted molar refractivity (Wildman–Crippen MR) is 67.7 cm³/mol. The lowest BCUT2D eigenvalue weighted by atomic mass is 10.2. The number of anilines is 2. The summed E-state index contributed by atoms with van der Waals surface area (Å²) < 4.78 is 13.5. The molecular formula is C13H12FN3O. The van der Waals surface area contributed by atoms with Crippen LogP contribution in [0.2, 0.25) is 0 Å². The van der Waals surface area contributed by atoms with Crippen molar-refractivity contribution in [3.63, 3.8) is 0 Å². The second-order valence-corrected chi connectivity index (χ2v) is 3.90. The molecule has 1 amide bonds. The van der Waals surface area contributed by atoms with Gasteiger partial charge in [0.25, 0.3) is 5.91 Å². The molecule has 18 heavy (non-hydrogen) atoms. The molecule has 1 aromatic carbocycles. The Morgan fingerprint density at radius 3 is 2.89 bits per heavy atom. The van der Waals surface area contributed by atoms with Gasteiger partial charge in [-0.2, -0.15) is 0 Å². The van der Waals surface area contributed by atoms with Crippen molar-refractivity contribution in [3.8, 4) is 0 Å². The minimum atomic E-state index is -0.489. The van der Waals surface area contributed by atoms with Gasteiger partial charge in [0.1, 0.15) is 5.82 Å². The van der Waals surface area contributed by atoms with Gasteiger partial charge in [0, 0.05) is 18.1 Å². The number of pyridine rings is 1. The highest BCUT2D eigenvalue weighted by molar-refractivity contribution is 6.07. The van der Waals surface area contributed by atoms with Gasteiger partial charge >= 0.3 is 0 Å². The van der Waals surface area contributed by atoms with E-state index in [1.54, 1.807) is 12.1 Å². The van der Waals surface area contributed by atoms with Crippen molar-refractivity contribution >= 4 is 17.3 Å². The number of hydrogen-bond donors (Lipinski definition) is 2. The van der Waals surface area contributed by atoms with Crippen molar-refractivity contribution in [2.75, 3.05) is 11.1 Å². The molecule has 0 saturated heterocycles. The number of benzene rings is 1. The molecule has 0 bridgehead atoms. The highest BCUT2D eigenvalue weighted by Gasteiger charge is 2.12. The summed E-state index contributed by atoms with van der Waals surface area (Å²) in [6.45, 7) is 1.81. The number of nitrogens with two attached hydrogens (primary N) is 1. The number of nitrogen functional groups attached to an aromatic ring is 1. The van der Waals surface area contributed by atoms with E-state index in [1.807, 2.05) is 6.92 Å². The molecule has 2 aromatic rings. The Morgan fingerprint density at radius 2 is 2.17 bits per heavy atom. The van der Waals surface area contributed by atoms with E-state index in [4.69, 9.17) is 5.73 Å². The third-order valence-corrected chi connectivity index (χ3v) is 2.47. The molecule has 2 rings (SSSR count). The van der Waals surface area contributed by atoms with Crippen LogP contribution >= 0.6 is 0 Å². The molecular weight excluding hydrogens is 233 g/mol. The van der Waals surface area contributed by atoms with Crippen molar-refractivity contribution in [2.24, 2.45) is 0 Å². The first-order valence-corrected chi connectivity index (χ1v) is 5.35. The van der Waals surface area contributed by atoms with E-state index in [9.17, 15) is 9.18 Å². The van der Waals surface area contributed by atoms with Crippen molar-refractivity contribution in [1.82, 2.24) is 4.98 Å². The second kappa shape index (κ2) is 4.83. The summed E-state index contributed by atoms with van der Waals surface area (Å²) in [5, 5.41) is 2.47. The number of aryl methyl sites for hydroxylation is 1. The Labute approximate surface area is 104 Å². The number of nitrogens with one attached hydrogen (secondary N) is 1. The lowest BCUT2D eigenvalue weighted by molar-refractivity contribution is 0.102. The van der Waals surface area contributed by atoms with Gasteiger partial charge in [0.2, 0.25) is 0 Å². The Balaban J connectivity index is 2.27. The van der Waals surface area contributed by atoms with Crippen LogP contribution in [0.15, 0.2) is 36.7 Å². The van der Waals surface area contributed by atoms with E-state index < -0.39 is 11.7 Å². The highest BCUT2D eigenvalue weighted by atomic mass is 19.1. The largest absolute Gasteiger partial charge is 0.398 e.